The van der Waals surface area contributed by atoms with Gasteiger partial charge in [0.25, 0.3) is 5.69 Å². The van der Waals surface area contributed by atoms with E-state index in [1.807, 2.05) is 11.0 Å². The number of carbonyl (C=O) groups is 1. The predicted molar refractivity (Wildman–Crippen MR) is 96.6 cm³/mol. The van der Waals surface area contributed by atoms with Crippen LogP contribution in [0.1, 0.15) is 22.3 Å². The Kier molecular flexibility index (Phi) is 5.60. The van der Waals surface area contributed by atoms with Crippen molar-refractivity contribution in [1.29, 1.82) is 0 Å². The fraction of sp³-hybridized carbons (Fsp3) is 0.316. The highest BCUT2D eigenvalue weighted by Crippen LogP contribution is 2.33. The molecule has 0 unspecified atom stereocenters. The number of aliphatic hydroxyl groups excluding tert-OH is 1. The lowest BCUT2D eigenvalue weighted by Crippen LogP contribution is -2.46. The van der Waals surface area contributed by atoms with Gasteiger partial charge in [-0.3, -0.25) is 14.9 Å². The first-order valence-electron chi connectivity index (χ1n) is 8.45. The molecule has 1 atom stereocenters. The number of hydrogen-bond acceptors (Lipinski definition) is 6. The first-order chi connectivity index (χ1) is 12.6. The van der Waals surface area contributed by atoms with Crippen molar-refractivity contribution in [3.8, 4) is 0 Å². The van der Waals surface area contributed by atoms with Gasteiger partial charge in [-0.1, -0.05) is 30.3 Å². The normalized spacial score (nSPS) is 17.1. The molecule has 7 nitrogen and oxygen atoms in total. The number of ether oxygens (including phenoxy) is 1. The molecule has 0 amide bonds. The van der Waals surface area contributed by atoms with E-state index in [0.29, 0.717) is 37.4 Å². The Morgan fingerprint density at radius 2 is 2.00 bits per heavy atom. The van der Waals surface area contributed by atoms with Crippen LogP contribution in [0.4, 0.5) is 11.4 Å². The maximum atomic E-state index is 12.6. The summed E-state index contributed by atoms with van der Waals surface area (Å²) in [6.07, 6.45) is 0.460. The van der Waals surface area contributed by atoms with Crippen LogP contribution in [0.25, 0.3) is 0 Å². The monoisotopic (exact) mass is 356 g/mol. The Morgan fingerprint density at radius 3 is 2.69 bits per heavy atom. The zero-order valence-electron chi connectivity index (χ0n) is 14.2. The van der Waals surface area contributed by atoms with Crippen molar-refractivity contribution in [2.75, 3.05) is 31.3 Å². The van der Waals surface area contributed by atoms with E-state index in [1.165, 1.54) is 6.07 Å². The quantitative estimate of drug-likeness (QED) is 0.485. The predicted octanol–water partition coefficient (Wildman–Crippen LogP) is 2.41. The highest BCUT2D eigenvalue weighted by molar-refractivity contribution is 6.09. The summed E-state index contributed by atoms with van der Waals surface area (Å²) in [6.45, 7) is 1.34. The van der Waals surface area contributed by atoms with Crippen LogP contribution in [-0.4, -0.2) is 48.2 Å². The number of carbonyl (C=O) groups excluding carboxylic acids is 1. The van der Waals surface area contributed by atoms with Gasteiger partial charge in [-0.15, -0.1) is 0 Å². The molecule has 1 N–H and O–H groups in total. The van der Waals surface area contributed by atoms with E-state index in [0.717, 1.165) is 0 Å². The molecule has 2 aromatic rings. The lowest BCUT2D eigenvalue weighted by atomic mass is 10.0. The first kappa shape index (κ1) is 18.0. The number of ketones is 1. The highest BCUT2D eigenvalue weighted by Gasteiger charge is 2.29. The van der Waals surface area contributed by atoms with Crippen molar-refractivity contribution < 1.29 is 19.6 Å². The largest absolute Gasteiger partial charge is 0.396 e. The minimum atomic E-state index is -0.470. The number of hydrogen-bond donors (Lipinski definition) is 1. The zero-order chi connectivity index (χ0) is 18.5. The molecule has 0 saturated carbocycles. The van der Waals surface area contributed by atoms with Crippen LogP contribution in [-0.2, 0) is 4.74 Å². The second kappa shape index (κ2) is 8.07. The van der Waals surface area contributed by atoms with Crippen LogP contribution in [0, 0.1) is 10.1 Å². The molecule has 1 saturated heterocycles. The molecule has 1 aliphatic heterocycles. The highest BCUT2D eigenvalue weighted by atomic mass is 16.6. The van der Waals surface area contributed by atoms with Gasteiger partial charge >= 0.3 is 0 Å². The average Bonchev–Trinajstić information content (AvgIpc) is 2.68. The molecule has 0 aromatic heterocycles. The summed E-state index contributed by atoms with van der Waals surface area (Å²) in [7, 11) is 0. The summed E-state index contributed by atoms with van der Waals surface area (Å²) in [5, 5.41) is 20.9. The molecule has 7 heteroatoms. The van der Waals surface area contributed by atoms with Crippen LogP contribution >= 0.6 is 0 Å². The van der Waals surface area contributed by atoms with Gasteiger partial charge in [0.15, 0.2) is 5.78 Å². The molecule has 0 bridgehead atoms. The average molecular weight is 356 g/mol. The van der Waals surface area contributed by atoms with Gasteiger partial charge in [0, 0.05) is 30.3 Å². The summed E-state index contributed by atoms with van der Waals surface area (Å²) in [6, 6.07) is 13.1. The first-order valence-corrected chi connectivity index (χ1v) is 8.45. The van der Waals surface area contributed by atoms with Crippen LogP contribution in [0.15, 0.2) is 48.5 Å². The fourth-order valence-corrected chi connectivity index (χ4v) is 3.17. The third kappa shape index (κ3) is 3.74. The maximum absolute atomic E-state index is 12.6. The third-order valence-corrected chi connectivity index (χ3v) is 4.47. The number of nitro groups is 1. The van der Waals surface area contributed by atoms with E-state index in [2.05, 4.69) is 0 Å². The number of nitrogens with zero attached hydrogens (tertiary/aromatic N) is 2. The third-order valence-electron chi connectivity index (χ3n) is 4.47. The number of morpholine rings is 1. The Bertz CT molecular complexity index is 792. The molecule has 3 rings (SSSR count). The Labute approximate surface area is 151 Å². The molecule has 0 radical (unpaired) electrons. The number of rotatable bonds is 6. The van der Waals surface area contributed by atoms with Crippen LogP contribution in [0.2, 0.25) is 0 Å². The van der Waals surface area contributed by atoms with Crippen molar-refractivity contribution in [3.63, 3.8) is 0 Å². The van der Waals surface area contributed by atoms with E-state index in [4.69, 9.17) is 4.74 Å². The molecular weight excluding hydrogens is 336 g/mol. The van der Waals surface area contributed by atoms with Crippen molar-refractivity contribution >= 4 is 17.2 Å². The van der Waals surface area contributed by atoms with E-state index < -0.39 is 4.92 Å². The van der Waals surface area contributed by atoms with E-state index in [-0.39, 0.29) is 29.7 Å². The smallest absolute Gasteiger partial charge is 0.293 e. The second-order valence-corrected chi connectivity index (χ2v) is 6.09. The fourth-order valence-electron chi connectivity index (χ4n) is 3.17. The molecule has 26 heavy (non-hydrogen) atoms. The minimum Gasteiger partial charge on any atom is -0.396 e. The standard InChI is InChI=1S/C19H20N2O5/c22-10-8-16-13-26-11-9-20(16)17-7-6-15(12-18(17)21(24)25)19(23)14-4-2-1-3-5-14/h1-7,12,16,22H,8-11,13H2/t16-/m0/s1. The molecule has 2 aromatic carbocycles. The van der Waals surface area contributed by atoms with Crippen LogP contribution in [0.5, 0.6) is 0 Å². The molecule has 0 aliphatic carbocycles. The molecule has 1 aliphatic rings. The summed E-state index contributed by atoms with van der Waals surface area (Å²) >= 11 is 0. The van der Waals surface area contributed by atoms with E-state index in [9.17, 15) is 20.0 Å². The number of nitro benzene ring substituents is 1. The lowest BCUT2D eigenvalue weighted by Gasteiger charge is -2.36. The zero-order valence-corrected chi connectivity index (χ0v) is 14.2. The molecule has 136 valence electrons. The summed E-state index contributed by atoms with van der Waals surface area (Å²) < 4.78 is 5.43. The van der Waals surface area contributed by atoms with Crippen molar-refractivity contribution in [3.05, 3.63) is 69.8 Å². The van der Waals surface area contributed by atoms with E-state index in [1.54, 1.807) is 36.4 Å². The number of anilines is 1. The lowest BCUT2D eigenvalue weighted by molar-refractivity contribution is -0.384. The maximum Gasteiger partial charge on any atom is 0.293 e. The molecule has 1 heterocycles. The van der Waals surface area contributed by atoms with Crippen LogP contribution < -0.4 is 4.90 Å². The molecule has 1 fully saturated rings. The molecule has 0 spiro atoms. The van der Waals surface area contributed by atoms with Gasteiger partial charge < -0.3 is 14.7 Å². The van der Waals surface area contributed by atoms with Crippen molar-refractivity contribution in [2.45, 2.75) is 12.5 Å². The van der Waals surface area contributed by atoms with Crippen molar-refractivity contribution in [2.24, 2.45) is 0 Å². The molecular formula is C19H20N2O5. The summed E-state index contributed by atoms with van der Waals surface area (Å²) in [4.78, 5) is 25.6. The SMILES string of the molecule is O=C(c1ccccc1)c1ccc(N2CCOC[C@@H]2CCO)c([N+](=O)[O-])c1. The Hall–Kier alpha value is -2.77. The topological polar surface area (TPSA) is 92.9 Å². The second-order valence-electron chi connectivity index (χ2n) is 6.09. The van der Waals surface area contributed by atoms with Crippen LogP contribution in [0.3, 0.4) is 0 Å². The van der Waals surface area contributed by atoms with Crippen molar-refractivity contribution in [1.82, 2.24) is 0 Å². The van der Waals surface area contributed by atoms with Gasteiger partial charge in [-0.2, -0.15) is 0 Å². The van der Waals surface area contributed by atoms with Gasteiger partial charge in [-0.25, -0.2) is 0 Å². The Balaban J connectivity index is 1.97. The van der Waals surface area contributed by atoms with Gasteiger partial charge in [0.1, 0.15) is 5.69 Å². The van der Waals surface area contributed by atoms with Gasteiger partial charge in [-0.05, 0) is 18.6 Å². The number of benzene rings is 2. The number of aliphatic hydroxyl groups is 1. The van der Waals surface area contributed by atoms with Gasteiger partial charge in [0.05, 0.1) is 24.2 Å². The Morgan fingerprint density at radius 1 is 1.23 bits per heavy atom. The van der Waals surface area contributed by atoms with Gasteiger partial charge in [0.2, 0.25) is 0 Å². The summed E-state index contributed by atoms with van der Waals surface area (Å²) in [5.74, 6) is -0.255. The minimum absolute atomic E-state index is 0.0249. The summed E-state index contributed by atoms with van der Waals surface area (Å²) in [5.41, 5.74) is 1.09. The van der Waals surface area contributed by atoms with E-state index >= 15 is 0 Å².